The Morgan fingerprint density at radius 2 is 0.674 bits per heavy atom. The fourth-order valence-corrected chi connectivity index (χ4v) is 15.6. The molecule has 0 aromatic heterocycles. The van der Waals surface area contributed by atoms with Crippen LogP contribution in [0.25, 0.3) is 0 Å². The van der Waals surface area contributed by atoms with E-state index >= 15 is 0 Å². The molecule has 5 heterocycles. The van der Waals surface area contributed by atoms with Crippen LogP contribution in [0.3, 0.4) is 0 Å². The molecule has 9 aliphatic rings. The molecule has 0 aromatic carbocycles. The van der Waals surface area contributed by atoms with Gasteiger partial charge in [-0.1, -0.05) is 51.4 Å². The third-order valence-corrected chi connectivity index (χ3v) is 17.1. The van der Waals surface area contributed by atoms with Crippen LogP contribution in [0.4, 0.5) is 0 Å². The summed E-state index contributed by atoms with van der Waals surface area (Å²) in [5, 5.41) is 34.1. The molecule has 5 saturated heterocycles. The smallest absolute Gasteiger partial charge is 0.149 e. The van der Waals surface area contributed by atoms with Crippen molar-refractivity contribution in [3.63, 3.8) is 0 Å². The molecule has 4 aliphatic carbocycles. The minimum absolute atomic E-state index is 0.373. The van der Waals surface area contributed by atoms with Crippen molar-refractivity contribution in [2.75, 3.05) is 0 Å². The normalized spacial score (nSPS) is 56.5. The molecule has 9 nitrogen and oxygen atoms in total. The maximum atomic E-state index is 6.14. The van der Waals surface area contributed by atoms with E-state index < -0.39 is 9.76 Å². The van der Waals surface area contributed by atoms with Crippen LogP contribution in [-0.4, -0.2) is 69.6 Å². The molecule has 11 heteroatoms. The van der Waals surface area contributed by atoms with Crippen molar-refractivity contribution in [1.82, 2.24) is 42.5 Å². The summed E-state index contributed by atoms with van der Waals surface area (Å²) in [6, 6.07) is 0. The first-order valence-corrected chi connectivity index (χ1v) is 21.0. The lowest BCUT2D eigenvalue weighted by molar-refractivity contribution is 0.166. The average molecular weight is 629 g/mol. The zero-order chi connectivity index (χ0) is 28.5. The number of rotatable bonds is 2. The highest BCUT2D eigenvalue weighted by Crippen LogP contribution is 2.48. The Labute approximate surface area is 265 Å². The molecule has 0 amide bonds. The molecule has 17 atom stereocenters. The van der Waals surface area contributed by atoms with Gasteiger partial charge in [0.25, 0.3) is 0 Å². The van der Waals surface area contributed by atoms with Crippen molar-refractivity contribution in [3.05, 3.63) is 0 Å². The van der Waals surface area contributed by atoms with Crippen LogP contribution in [0, 0.1) is 47.3 Å². The van der Waals surface area contributed by atoms with E-state index in [2.05, 4.69) is 42.5 Å². The standard InChI is InChI=1S/C32H60N8OSi2/c42-41-43-23-15-7-14-22-24(23)32-39-30-21-13-6-5-12-20(21)28(37-30)35-26-17-9-2-1-8-16(17)25(33-26)34-27-18-10-3-4-11-19(18)29(36-27)38-31(22)40-32/h16-40H,1-15,43H2,42H3. The molecule has 9 fully saturated rings. The van der Waals surface area contributed by atoms with Gasteiger partial charge in [0.2, 0.25) is 0 Å². The van der Waals surface area contributed by atoms with Gasteiger partial charge in [0.15, 0.2) is 0 Å². The summed E-state index contributed by atoms with van der Waals surface area (Å²) < 4.78 is 6.14. The molecule has 4 saturated carbocycles. The van der Waals surface area contributed by atoms with E-state index in [0.717, 1.165) is 51.5 Å². The van der Waals surface area contributed by atoms with Gasteiger partial charge in [0.05, 0.1) is 49.3 Å². The molecule has 242 valence electrons. The lowest BCUT2D eigenvalue weighted by Crippen LogP contribution is -2.61. The van der Waals surface area contributed by atoms with Gasteiger partial charge in [-0.05, 0) is 97.8 Å². The number of hydrogen-bond acceptors (Lipinski definition) is 9. The molecule has 43 heavy (non-hydrogen) atoms. The summed E-state index contributed by atoms with van der Waals surface area (Å²) in [5.41, 5.74) is 0.796. The Hall–Kier alpha value is 0.0738. The highest BCUT2D eigenvalue weighted by molar-refractivity contribution is 6.36. The van der Waals surface area contributed by atoms with Gasteiger partial charge in [-0.2, -0.15) is 0 Å². The van der Waals surface area contributed by atoms with E-state index in [0.29, 0.717) is 61.2 Å². The van der Waals surface area contributed by atoms with Crippen molar-refractivity contribution in [2.24, 2.45) is 47.3 Å². The molecule has 17 unspecified atom stereocenters. The van der Waals surface area contributed by atoms with Crippen LogP contribution < -0.4 is 42.5 Å². The van der Waals surface area contributed by atoms with Gasteiger partial charge >= 0.3 is 0 Å². The van der Waals surface area contributed by atoms with E-state index in [1.54, 1.807) is 0 Å². The van der Waals surface area contributed by atoms with Gasteiger partial charge in [0, 0.05) is 0 Å². The van der Waals surface area contributed by atoms with Crippen LogP contribution >= 0.6 is 0 Å². The Bertz CT molecular complexity index is 993. The van der Waals surface area contributed by atoms with E-state index in [9.17, 15) is 0 Å². The molecule has 8 bridgehead atoms. The Balaban J connectivity index is 1.06. The second-order valence-electron chi connectivity index (χ2n) is 16.4. The minimum Gasteiger partial charge on any atom is -0.468 e. The van der Waals surface area contributed by atoms with Gasteiger partial charge in [-0.15, -0.1) is 0 Å². The van der Waals surface area contributed by atoms with Crippen LogP contribution in [-0.2, 0) is 4.12 Å². The van der Waals surface area contributed by atoms with Gasteiger partial charge in [0.1, 0.15) is 20.2 Å². The van der Waals surface area contributed by atoms with Gasteiger partial charge in [-0.25, -0.2) is 0 Å². The summed E-state index contributed by atoms with van der Waals surface area (Å²) in [6.45, 7) is 0. The van der Waals surface area contributed by atoms with E-state index in [1.165, 1.54) is 96.3 Å². The Kier molecular flexibility index (Phi) is 8.34. The summed E-state index contributed by atoms with van der Waals surface area (Å²) in [4.78, 5) is 0. The predicted octanol–water partition coefficient (Wildman–Crippen LogP) is 0.385. The second-order valence-corrected chi connectivity index (χ2v) is 20.1. The third kappa shape index (κ3) is 5.19. The molecule has 8 N–H and O–H groups in total. The first kappa shape index (κ1) is 29.2. The number of nitrogens with one attached hydrogen (secondary N) is 8. The number of fused-ring (bicyclic) bond motifs is 20. The van der Waals surface area contributed by atoms with Crippen molar-refractivity contribution < 1.29 is 4.12 Å². The molecule has 0 spiro atoms. The van der Waals surface area contributed by atoms with Crippen molar-refractivity contribution in [3.8, 4) is 0 Å². The first-order valence-electron chi connectivity index (χ1n) is 18.8. The SMILES string of the molecule is [SiH3]O[SiH2]C1CCCC2C3NC4NC(NC5NC(NC6NC(NC(N3)C12)C1CCCCC61)C1CCCCC51)C1CCCCC41. The highest BCUT2D eigenvalue weighted by Gasteiger charge is 2.55. The quantitative estimate of drug-likeness (QED) is 0.206. The van der Waals surface area contributed by atoms with Crippen LogP contribution in [0.15, 0.2) is 0 Å². The third-order valence-electron chi connectivity index (χ3n) is 14.4. The molecule has 0 aromatic rings. The molecular weight excluding hydrogens is 569 g/mol. The van der Waals surface area contributed by atoms with Gasteiger partial charge < -0.3 is 4.12 Å². The first-order chi connectivity index (χ1) is 21.2. The lowest BCUT2D eigenvalue weighted by atomic mass is 9.76. The van der Waals surface area contributed by atoms with E-state index in [4.69, 9.17) is 4.12 Å². The summed E-state index contributed by atoms with van der Waals surface area (Å²) in [6.07, 6.45) is 23.8. The van der Waals surface area contributed by atoms with Crippen molar-refractivity contribution in [1.29, 1.82) is 0 Å². The fraction of sp³-hybridized carbons (Fsp3) is 1.00. The fourth-order valence-electron chi connectivity index (χ4n) is 12.6. The average Bonchev–Trinajstić information content (AvgIpc) is 3.77. The predicted molar refractivity (Wildman–Crippen MR) is 176 cm³/mol. The highest BCUT2D eigenvalue weighted by atomic mass is 28.3. The minimum atomic E-state index is -0.476. The second kappa shape index (κ2) is 12.3. The summed E-state index contributed by atoms with van der Waals surface area (Å²) in [7, 11) is 0.428. The molecule has 9 rings (SSSR count). The van der Waals surface area contributed by atoms with E-state index in [1.807, 2.05) is 0 Å². The zero-order valence-electron chi connectivity index (χ0n) is 26.5. The molecule has 0 radical (unpaired) electrons. The van der Waals surface area contributed by atoms with Crippen LogP contribution in [0.5, 0.6) is 0 Å². The van der Waals surface area contributed by atoms with Crippen molar-refractivity contribution in [2.45, 2.75) is 151 Å². The number of hydrogen-bond donors (Lipinski definition) is 8. The largest absolute Gasteiger partial charge is 0.468 e. The lowest BCUT2D eigenvalue weighted by Gasteiger charge is -2.39. The maximum absolute atomic E-state index is 6.14. The van der Waals surface area contributed by atoms with Crippen LogP contribution in [0.1, 0.15) is 96.3 Å². The van der Waals surface area contributed by atoms with E-state index in [-0.39, 0.29) is 0 Å². The van der Waals surface area contributed by atoms with Crippen molar-refractivity contribution >= 4 is 20.2 Å². The van der Waals surface area contributed by atoms with Crippen LogP contribution in [0.2, 0.25) is 5.54 Å². The molecule has 5 aliphatic heterocycles. The Morgan fingerprint density at radius 3 is 1.02 bits per heavy atom. The monoisotopic (exact) mass is 628 g/mol. The molecular formula is C32H60N8OSi2. The topological polar surface area (TPSA) is 105 Å². The van der Waals surface area contributed by atoms with Gasteiger partial charge in [-0.3, -0.25) is 42.5 Å². The Morgan fingerprint density at radius 1 is 0.372 bits per heavy atom. The summed E-state index contributed by atoms with van der Waals surface area (Å²) in [5.74, 6) is 5.77. The summed E-state index contributed by atoms with van der Waals surface area (Å²) >= 11 is 0. The maximum Gasteiger partial charge on any atom is 0.149 e. The zero-order valence-corrected chi connectivity index (χ0v) is 30.0.